The summed E-state index contributed by atoms with van der Waals surface area (Å²) in [5, 5.41) is 5.07. The Kier molecular flexibility index (Phi) is 5.98. The minimum atomic E-state index is -4.50. The molecule has 0 saturated heterocycles. The summed E-state index contributed by atoms with van der Waals surface area (Å²) in [6.07, 6.45) is -1.23. The Labute approximate surface area is 186 Å². The molecule has 4 aromatic rings. The van der Waals surface area contributed by atoms with Crippen molar-refractivity contribution in [2.75, 3.05) is 11.9 Å². The third-order valence-corrected chi connectivity index (χ3v) is 5.46. The molecule has 2 aromatic heterocycles. The van der Waals surface area contributed by atoms with Crippen LogP contribution in [0.25, 0.3) is 22.2 Å². The van der Waals surface area contributed by atoms with Gasteiger partial charge in [0.05, 0.1) is 16.8 Å². The van der Waals surface area contributed by atoms with E-state index in [9.17, 15) is 13.2 Å². The molecule has 0 unspecified atom stereocenters. The van der Waals surface area contributed by atoms with Crippen molar-refractivity contribution in [1.29, 1.82) is 0 Å². The SMILES string of the molecule is FC(F)(F)c1cccnc1-c1ccc2c(NCCc3c(Cl)cccc3Cl)ncnc2c1. The molecule has 0 fully saturated rings. The molecule has 2 heterocycles. The Morgan fingerprint density at radius 2 is 1.68 bits per heavy atom. The third kappa shape index (κ3) is 4.57. The second-order valence-electron chi connectivity index (χ2n) is 6.73. The van der Waals surface area contributed by atoms with E-state index in [1.165, 1.54) is 18.6 Å². The predicted octanol–water partition coefficient (Wildman–Crippen LogP) is 6.67. The monoisotopic (exact) mass is 462 g/mol. The quantitative estimate of drug-likeness (QED) is 0.359. The Morgan fingerprint density at radius 1 is 0.903 bits per heavy atom. The highest BCUT2D eigenvalue weighted by molar-refractivity contribution is 6.36. The molecule has 2 aromatic carbocycles. The lowest BCUT2D eigenvalue weighted by Gasteiger charge is -2.13. The molecule has 4 nitrogen and oxygen atoms in total. The summed E-state index contributed by atoms with van der Waals surface area (Å²) in [7, 11) is 0. The zero-order valence-electron chi connectivity index (χ0n) is 15.9. The van der Waals surface area contributed by atoms with Crippen LogP contribution in [-0.2, 0) is 12.6 Å². The normalized spacial score (nSPS) is 11.6. The first-order valence-electron chi connectivity index (χ1n) is 9.28. The van der Waals surface area contributed by atoms with Crippen molar-refractivity contribution in [2.24, 2.45) is 0 Å². The first-order chi connectivity index (χ1) is 14.8. The summed E-state index contributed by atoms with van der Waals surface area (Å²) >= 11 is 12.4. The third-order valence-electron chi connectivity index (χ3n) is 4.75. The summed E-state index contributed by atoms with van der Waals surface area (Å²) < 4.78 is 40.1. The first-order valence-corrected chi connectivity index (χ1v) is 10.0. The van der Waals surface area contributed by atoms with Crippen LogP contribution >= 0.6 is 23.2 Å². The maximum atomic E-state index is 13.4. The number of hydrogen-bond acceptors (Lipinski definition) is 4. The van der Waals surface area contributed by atoms with Gasteiger partial charge in [-0.3, -0.25) is 4.98 Å². The van der Waals surface area contributed by atoms with E-state index in [1.54, 1.807) is 36.4 Å². The van der Waals surface area contributed by atoms with Crippen molar-refractivity contribution in [3.63, 3.8) is 0 Å². The fourth-order valence-electron chi connectivity index (χ4n) is 3.29. The molecule has 1 N–H and O–H groups in total. The van der Waals surface area contributed by atoms with Gasteiger partial charge >= 0.3 is 6.18 Å². The van der Waals surface area contributed by atoms with Gasteiger partial charge in [-0.05, 0) is 48.4 Å². The Balaban J connectivity index is 1.61. The molecule has 4 rings (SSSR count). The Bertz CT molecular complexity index is 1220. The average Bonchev–Trinajstić information content (AvgIpc) is 2.75. The van der Waals surface area contributed by atoms with E-state index in [0.717, 1.165) is 11.6 Å². The zero-order chi connectivity index (χ0) is 22.0. The fourth-order valence-corrected chi connectivity index (χ4v) is 3.87. The molecule has 31 heavy (non-hydrogen) atoms. The summed E-state index contributed by atoms with van der Waals surface area (Å²) in [6.45, 7) is 0.510. The smallest absolute Gasteiger partial charge is 0.369 e. The van der Waals surface area contributed by atoms with Crippen LogP contribution in [0.4, 0.5) is 19.0 Å². The second kappa shape index (κ2) is 8.69. The highest BCUT2D eigenvalue weighted by Crippen LogP contribution is 2.36. The van der Waals surface area contributed by atoms with E-state index < -0.39 is 11.7 Å². The van der Waals surface area contributed by atoms with E-state index >= 15 is 0 Å². The Morgan fingerprint density at radius 3 is 2.42 bits per heavy atom. The van der Waals surface area contributed by atoms with Gasteiger partial charge in [-0.2, -0.15) is 13.2 Å². The molecule has 0 radical (unpaired) electrons. The van der Waals surface area contributed by atoms with Gasteiger partial charge in [0.2, 0.25) is 0 Å². The van der Waals surface area contributed by atoms with E-state index in [-0.39, 0.29) is 5.69 Å². The van der Waals surface area contributed by atoms with E-state index in [2.05, 4.69) is 20.3 Å². The van der Waals surface area contributed by atoms with E-state index in [4.69, 9.17) is 23.2 Å². The standard InChI is InChI=1S/C22H15Cl2F3N4/c23-17-4-1-5-18(24)14(17)8-10-29-21-15-7-6-13(11-19(15)30-12-31-21)20-16(22(25,26)27)3-2-9-28-20/h1-7,9,11-12H,8,10H2,(H,29,30,31). The minimum absolute atomic E-state index is 0.140. The summed E-state index contributed by atoms with van der Waals surface area (Å²) in [5.74, 6) is 0.566. The van der Waals surface area contributed by atoms with Gasteiger partial charge in [-0.25, -0.2) is 9.97 Å². The topological polar surface area (TPSA) is 50.7 Å². The Hall–Kier alpha value is -2.90. The van der Waals surface area contributed by atoms with Crippen molar-refractivity contribution in [2.45, 2.75) is 12.6 Å². The maximum Gasteiger partial charge on any atom is 0.418 e. The molecular formula is C22H15Cl2F3N4. The van der Waals surface area contributed by atoms with Crippen LogP contribution in [-0.4, -0.2) is 21.5 Å². The van der Waals surface area contributed by atoms with Gasteiger partial charge in [-0.15, -0.1) is 0 Å². The lowest BCUT2D eigenvalue weighted by molar-refractivity contribution is -0.137. The van der Waals surface area contributed by atoms with Crippen LogP contribution in [0.15, 0.2) is 61.1 Å². The first kappa shape index (κ1) is 21.3. The van der Waals surface area contributed by atoms with Crippen molar-refractivity contribution in [3.05, 3.63) is 82.2 Å². The summed E-state index contributed by atoms with van der Waals surface area (Å²) in [5.41, 5.74) is 0.725. The van der Waals surface area contributed by atoms with E-state index in [0.29, 0.717) is 45.3 Å². The number of pyridine rings is 1. The van der Waals surface area contributed by atoms with Gasteiger partial charge < -0.3 is 5.32 Å². The van der Waals surface area contributed by atoms with Gasteiger partial charge in [0.1, 0.15) is 12.1 Å². The van der Waals surface area contributed by atoms with E-state index in [1.807, 2.05) is 0 Å². The molecule has 0 aliphatic rings. The molecule has 0 aliphatic heterocycles. The van der Waals surface area contributed by atoms with Crippen molar-refractivity contribution in [3.8, 4) is 11.3 Å². The molecular weight excluding hydrogens is 448 g/mol. The van der Waals surface area contributed by atoms with Crippen LogP contribution in [0.3, 0.4) is 0 Å². The number of fused-ring (bicyclic) bond motifs is 1. The molecule has 9 heteroatoms. The van der Waals surface area contributed by atoms with Gasteiger partial charge in [0.25, 0.3) is 0 Å². The molecule has 158 valence electrons. The highest BCUT2D eigenvalue weighted by atomic mass is 35.5. The number of halogens is 5. The zero-order valence-corrected chi connectivity index (χ0v) is 17.4. The number of aromatic nitrogens is 3. The molecule has 0 aliphatic carbocycles. The number of alkyl halides is 3. The van der Waals surface area contributed by atoms with Gasteiger partial charge in [0.15, 0.2) is 0 Å². The number of anilines is 1. The van der Waals surface area contributed by atoms with Crippen molar-refractivity contribution in [1.82, 2.24) is 15.0 Å². The number of nitrogens with one attached hydrogen (secondary N) is 1. The number of benzene rings is 2. The lowest BCUT2D eigenvalue weighted by atomic mass is 10.0. The predicted molar refractivity (Wildman–Crippen MR) is 116 cm³/mol. The van der Waals surface area contributed by atoms with Crippen molar-refractivity contribution >= 4 is 39.9 Å². The van der Waals surface area contributed by atoms with Crippen molar-refractivity contribution < 1.29 is 13.2 Å². The molecule has 0 saturated carbocycles. The van der Waals surface area contributed by atoms with Crippen LogP contribution in [0.2, 0.25) is 10.0 Å². The highest BCUT2D eigenvalue weighted by Gasteiger charge is 2.34. The second-order valence-corrected chi connectivity index (χ2v) is 7.54. The maximum absolute atomic E-state index is 13.4. The number of rotatable bonds is 5. The summed E-state index contributed by atoms with van der Waals surface area (Å²) in [6, 6.07) is 12.5. The van der Waals surface area contributed by atoms with Gasteiger partial charge in [0, 0.05) is 33.7 Å². The minimum Gasteiger partial charge on any atom is -0.369 e. The fraction of sp³-hybridized carbons (Fsp3) is 0.136. The molecule has 0 amide bonds. The van der Waals surface area contributed by atoms with Crippen LogP contribution in [0.5, 0.6) is 0 Å². The molecule has 0 spiro atoms. The average molecular weight is 463 g/mol. The number of hydrogen-bond donors (Lipinski definition) is 1. The summed E-state index contributed by atoms with van der Waals surface area (Å²) in [4.78, 5) is 12.4. The van der Waals surface area contributed by atoms with Crippen LogP contribution in [0.1, 0.15) is 11.1 Å². The van der Waals surface area contributed by atoms with Crippen LogP contribution < -0.4 is 5.32 Å². The van der Waals surface area contributed by atoms with Gasteiger partial charge in [-0.1, -0.05) is 35.3 Å². The van der Waals surface area contributed by atoms with Crippen LogP contribution in [0, 0.1) is 0 Å². The lowest BCUT2D eigenvalue weighted by Crippen LogP contribution is -2.09. The number of nitrogens with zero attached hydrogens (tertiary/aromatic N) is 3. The molecule has 0 bridgehead atoms. The largest absolute Gasteiger partial charge is 0.418 e. The molecule has 0 atom stereocenters.